The highest BCUT2D eigenvalue weighted by molar-refractivity contribution is 5.78. The molecule has 0 saturated carbocycles. The van der Waals surface area contributed by atoms with Gasteiger partial charge in [-0.1, -0.05) is 25.1 Å². The van der Waals surface area contributed by atoms with E-state index in [4.69, 9.17) is 0 Å². The second kappa shape index (κ2) is 7.59. The second-order valence-electron chi connectivity index (χ2n) is 7.24. The molecule has 0 aromatic heterocycles. The molecule has 0 unspecified atom stereocenters. The Labute approximate surface area is 173 Å². The van der Waals surface area contributed by atoms with Crippen LogP contribution in [0.2, 0.25) is 0 Å². The molecule has 3 aromatic carbocycles. The Morgan fingerprint density at radius 3 is 2.13 bits per heavy atom. The van der Waals surface area contributed by atoms with E-state index in [1.165, 1.54) is 0 Å². The Bertz CT molecular complexity index is 1160. The van der Waals surface area contributed by atoms with Crippen LogP contribution < -0.4 is 4.74 Å². The molecular formula is C23H15F7O. The summed E-state index contributed by atoms with van der Waals surface area (Å²) in [4.78, 5) is 0. The van der Waals surface area contributed by atoms with Crippen molar-refractivity contribution in [2.75, 3.05) is 0 Å². The van der Waals surface area contributed by atoms with Crippen LogP contribution in [0.3, 0.4) is 0 Å². The summed E-state index contributed by atoms with van der Waals surface area (Å²) in [5.74, 6) is -7.20. The average Bonchev–Trinajstić information content (AvgIpc) is 2.69. The topological polar surface area (TPSA) is 9.23 Å². The molecule has 0 amide bonds. The first-order chi connectivity index (χ1) is 14.6. The van der Waals surface area contributed by atoms with Crippen LogP contribution in [0, 0.1) is 23.3 Å². The van der Waals surface area contributed by atoms with Crippen LogP contribution in [0.4, 0.5) is 30.7 Å². The van der Waals surface area contributed by atoms with Crippen molar-refractivity contribution in [3.05, 3.63) is 76.4 Å². The largest absolute Gasteiger partial charge is 0.573 e. The molecule has 1 aliphatic rings. The zero-order valence-electron chi connectivity index (χ0n) is 16.1. The van der Waals surface area contributed by atoms with Gasteiger partial charge in [-0.3, -0.25) is 0 Å². The van der Waals surface area contributed by atoms with Crippen molar-refractivity contribution in [3.63, 3.8) is 0 Å². The lowest BCUT2D eigenvalue weighted by atomic mass is 9.82. The molecule has 0 radical (unpaired) electrons. The molecule has 1 aliphatic carbocycles. The van der Waals surface area contributed by atoms with Crippen molar-refractivity contribution in [1.29, 1.82) is 0 Å². The predicted octanol–water partition coefficient (Wildman–Crippen LogP) is 7.14. The minimum atomic E-state index is -5.32. The summed E-state index contributed by atoms with van der Waals surface area (Å²) in [6, 6.07) is 7.55. The Balaban J connectivity index is 1.83. The predicted molar refractivity (Wildman–Crippen MR) is 101 cm³/mol. The van der Waals surface area contributed by atoms with Gasteiger partial charge in [-0.15, -0.1) is 13.2 Å². The lowest BCUT2D eigenvalue weighted by Gasteiger charge is -2.23. The first-order valence-electron chi connectivity index (χ1n) is 9.47. The van der Waals surface area contributed by atoms with E-state index in [2.05, 4.69) is 4.74 Å². The number of alkyl halides is 3. The summed E-state index contributed by atoms with van der Waals surface area (Å²) < 4.78 is 98.7. The highest BCUT2D eigenvalue weighted by Gasteiger charge is 2.34. The molecule has 0 bridgehead atoms. The smallest absolute Gasteiger partial charge is 0.399 e. The molecule has 31 heavy (non-hydrogen) atoms. The number of halogens is 7. The summed E-state index contributed by atoms with van der Waals surface area (Å²) in [6.45, 7) is 1.99. The van der Waals surface area contributed by atoms with Crippen LogP contribution >= 0.6 is 0 Å². The summed E-state index contributed by atoms with van der Waals surface area (Å²) in [5, 5.41) is 0. The molecule has 0 spiro atoms. The van der Waals surface area contributed by atoms with E-state index in [0.717, 1.165) is 23.6 Å². The van der Waals surface area contributed by atoms with Gasteiger partial charge in [-0.05, 0) is 70.8 Å². The first kappa shape index (κ1) is 21.2. The van der Waals surface area contributed by atoms with Crippen molar-refractivity contribution in [3.8, 4) is 28.0 Å². The SMILES string of the molecule is CCc1ccc2c(c1)CCc1c-2cc(F)c(-c2cc(F)c(OC(F)(F)F)c(F)c2)c1F. The van der Waals surface area contributed by atoms with Gasteiger partial charge in [0.25, 0.3) is 0 Å². The third-order valence-electron chi connectivity index (χ3n) is 5.34. The van der Waals surface area contributed by atoms with E-state index in [1.54, 1.807) is 6.07 Å². The van der Waals surface area contributed by atoms with Gasteiger partial charge >= 0.3 is 6.36 Å². The van der Waals surface area contributed by atoms with Gasteiger partial charge < -0.3 is 4.74 Å². The number of hydrogen-bond donors (Lipinski definition) is 0. The number of benzene rings is 3. The van der Waals surface area contributed by atoms with Crippen LogP contribution in [0.1, 0.15) is 23.6 Å². The van der Waals surface area contributed by atoms with Crippen LogP contribution in [0.15, 0.2) is 36.4 Å². The van der Waals surface area contributed by atoms with Crippen molar-refractivity contribution in [2.45, 2.75) is 32.5 Å². The Kier molecular flexibility index (Phi) is 5.19. The van der Waals surface area contributed by atoms with Gasteiger partial charge in [0.1, 0.15) is 11.6 Å². The molecule has 0 heterocycles. The molecule has 1 nitrogen and oxygen atoms in total. The third-order valence-corrected chi connectivity index (χ3v) is 5.34. The highest BCUT2D eigenvalue weighted by Crippen LogP contribution is 2.41. The molecule has 3 aromatic rings. The normalized spacial score (nSPS) is 13.0. The van der Waals surface area contributed by atoms with Crippen LogP contribution in [-0.2, 0) is 19.3 Å². The van der Waals surface area contributed by atoms with Crippen molar-refractivity contribution >= 4 is 0 Å². The quantitative estimate of drug-likeness (QED) is 0.394. The molecule has 0 saturated heterocycles. The van der Waals surface area contributed by atoms with Gasteiger partial charge in [-0.25, -0.2) is 17.6 Å². The van der Waals surface area contributed by atoms with Gasteiger partial charge in [0.15, 0.2) is 11.6 Å². The van der Waals surface area contributed by atoms with E-state index >= 15 is 4.39 Å². The maximum atomic E-state index is 15.3. The lowest BCUT2D eigenvalue weighted by Crippen LogP contribution is -2.19. The minimum absolute atomic E-state index is 0.185. The van der Waals surface area contributed by atoms with E-state index in [0.29, 0.717) is 29.7 Å². The zero-order valence-corrected chi connectivity index (χ0v) is 16.1. The van der Waals surface area contributed by atoms with Gasteiger partial charge in [-0.2, -0.15) is 0 Å². The minimum Gasteiger partial charge on any atom is -0.399 e. The molecule has 0 aliphatic heterocycles. The molecule has 4 rings (SSSR count). The molecule has 0 fully saturated rings. The molecule has 0 atom stereocenters. The van der Waals surface area contributed by atoms with Gasteiger partial charge in [0.05, 0.1) is 5.56 Å². The zero-order chi connectivity index (χ0) is 22.5. The van der Waals surface area contributed by atoms with Crippen molar-refractivity contribution in [2.24, 2.45) is 0 Å². The molecular weight excluding hydrogens is 425 g/mol. The number of ether oxygens (including phenoxy) is 1. The van der Waals surface area contributed by atoms with Crippen molar-refractivity contribution in [1.82, 2.24) is 0 Å². The van der Waals surface area contributed by atoms with E-state index < -0.39 is 46.5 Å². The fraction of sp³-hybridized carbons (Fsp3) is 0.217. The Morgan fingerprint density at radius 2 is 1.52 bits per heavy atom. The van der Waals surface area contributed by atoms with Crippen LogP contribution in [-0.4, -0.2) is 6.36 Å². The van der Waals surface area contributed by atoms with Crippen LogP contribution in [0.5, 0.6) is 5.75 Å². The van der Waals surface area contributed by atoms with E-state index in [-0.39, 0.29) is 12.0 Å². The fourth-order valence-electron chi connectivity index (χ4n) is 3.92. The molecule has 0 N–H and O–H groups in total. The summed E-state index contributed by atoms with van der Waals surface area (Å²) in [5.41, 5.74) is 1.98. The van der Waals surface area contributed by atoms with Crippen molar-refractivity contribution < 1.29 is 35.5 Å². The standard InChI is InChI=1S/C23H15F7O/c1-2-11-3-5-14-12(7-11)4-6-15-16(14)10-17(24)20(21(15)27)13-8-18(25)22(19(26)9-13)31-23(28,29)30/h3,5,7-10H,2,4,6H2,1H3. The monoisotopic (exact) mass is 440 g/mol. The summed E-state index contributed by atoms with van der Waals surface area (Å²) in [7, 11) is 0. The molecule has 8 heteroatoms. The summed E-state index contributed by atoms with van der Waals surface area (Å²) >= 11 is 0. The third kappa shape index (κ3) is 3.86. The Hall–Kier alpha value is -3.03. The van der Waals surface area contributed by atoms with E-state index in [9.17, 15) is 26.3 Å². The number of fused-ring (bicyclic) bond motifs is 3. The highest BCUT2D eigenvalue weighted by atomic mass is 19.4. The van der Waals surface area contributed by atoms with Crippen LogP contribution in [0.25, 0.3) is 22.3 Å². The second-order valence-corrected chi connectivity index (χ2v) is 7.24. The fourth-order valence-corrected chi connectivity index (χ4v) is 3.92. The number of aryl methyl sites for hydroxylation is 2. The lowest BCUT2D eigenvalue weighted by molar-refractivity contribution is -0.276. The van der Waals surface area contributed by atoms with Gasteiger partial charge in [0.2, 0.25) is 5.75 Å². The molecule has 162 valence electrons. The van der Waals surface area contributed by atoms with E-state index in [1.807, 2.05) is 19.1 Å². The number of hydrogen-bond acceptors (Lipinski definition) is 1. The summed E-state index contributed by atoms with van der Waals surface area (Å²) in [6.07, 6.45) is -3.77. The Morgan fingerprint density at radius 1 is 0.839 bits per heavy atom. The maximum Gasteiger partial charge on any atom is 0.573 e. The number of rotatable bonds is 3. The van der Waals surface area contributed by atoms with Gasteiger partial charge in [0, 0.05) is 0 Å². The average molecular weight is 440 g/mol. The first-order valence-corrected chi connectivity index (χ1v) is 9.47. The maximum absolute atomic E-state index is 15.3.